The van der Waals surface area contributed by atoms with E-state index in [2.05, 4.69) is 15.2 Å². The highest BCUT2D eigenvalue weighted by Gasteiger charge is 2.22. The van der Waals surface area contributed by atoms with Crippen LogP contribution in [0.5, 0.6) is 5.75 Å². The summed E-state index contributed by atoms with van der Waals surface area (Å²) < 4.78 is 6.03. The highest BCUT2D eigenvalue weighted by Crippen LogP contribution is 2.18. The second-order valence-corrected chi connectivity index (χ2v) is 6.08. The van der Waals surface area contributed by atoms with Crippen LogP contribution in [0.2, 0.25) is 0 Å². The lowest BCUT2D eigenvalue weighted by Crippen LogP contribution is -2.47. The number of nitrogens with zero attached hydrogens (tertiary/aromatic N) is 3. The van der Waals surface area contributed by atoms with Gasteiger partial charge in [-0.2, -0.15) is 0 Å². The minimum Gasteiger partial charge on any atom is -0.490 e. The monoisotopic (exact) mass is 332 g/mol. The molecule has 0 spiro atoms. The van der Waals surface area contributed by atoms with E-state index in [1.807, 2.05) is 37.3 Å². The van der Waals surface area contributed by atoms with E-state index >= 15 is 0 Å². The molecule has 0 saturated carbocycles. The van der Waals surface area contributed by atoms with Gasteiger partial charge in [-0.25, -0.2) is 4.99 Å². The number of aliphatic imine (C=N–C) groups is 1. The summed E-state index contributed by atoms with van der Waals surface area (Å²) in [7, 11) is 3.49. The Hall–Kier alpha value is -2.24. The third-order valence-corrected chi connectivity index (χ3v) is 3.99. The molecule has 1 fully saturated rings. The summed E-state index contributed by atoms with van der Waals surface area (Å²) in [6.45, 7) is 4.75. The van der Waals surface area contributed by atoms with Crippen molar-refractivity contribution in [3.63, 3.8) is 0 Å². The number of rotatable bonds is 5. The van der Waals surface area contributed by atoms with Crippen molar-refractivity contribution in [2.45, 2.75) is 25.9 Å². The number of carbonyl (C=O) groups is 1. The summed E-state index contributed by atoms with van der Waals surface area (Å²) in [6, 6.07) is 9.95. The minimum atomic E-state index is 0.00713. The van der Waals surface area contributed by atoms with Gasteiger partial charge in [0.1, 0.15) is 18.4 Å². The van der Waals surface area contributed by atoms with Gasteiger partial charge in [0.2, 0.25) is 5.91 Å². The summed E-state index contributed by atoms with van der Waals surface area (Å²) >= 11 is 0. The second-order valence-electron chi connectivity index (χ2n) is 6.08. The van der Waals surface area contributed by atoms with E-state index in [1.54, 1.807) is 19.0 Å². The topological polar surface area (TPSA) is 57.2 Å². The number of likely N-dealkylation sites (tertiary alicyclic amines) is 1. The number of carbonyl (C=O) groups excluding carboxylic acids is 1. The molecular weight excluding hydrogens is 304 g/mol. The molecule has 1 aromatic carbocycles. The van der Waals surface area contributed by atoms with Crippen molar-refractivity contribution in [1.82, 2.24) is 15.1 Å². The van der Waals surface area contributed by atoms with Crippen LogP contribution in [-0.2, 0) is 4.79 Å². The van der Waals surface area contributed by atoms with E-state index in [1.165, 1.54) is 0 Å². The Morgan fingerprint density at radius 2 is 1.96 bits per heavy atom. The number of guanidine groups is 1. The first-order valence-electron chi connectivity index (χ1n) is 8.55. The zero-order chi connectivity index (χ0) is 17.4. The van der Waals surface area contributed by atoms with Gasteiger partial charge >= 0.3 is 0 Å². The summed E-state index contributed by atoms with van der Waals surface area (Å²) in [5, 5.41) is 3.28. The highest BCUT2D eigenvalue weighted by molar-refractivity contribution is 5.84. The predicted octanol–water partition coefficient (Wildman–Crippen LogP) is 1.58. The Morgan fingerprint density at radius 1 is 1.29 bits per heavy atom. The van der Waals surface area contributed by atoms with Crippen LogP contribution in [0.4, 0.5) is 0 Å². The van der Waals surface area contributed by atoms with E-state index in [0.29, 0.717) is 0 Å². The quantitative estimate of drug-likeness (QED) is 0.657. The number of benzene rings is 1. The van der Waals surface area contributed by atoms with Crippen LogP contribution in [0.25, 0.3) is 0 Å². The molecule has 0 atom stereocenters. The lowest BCUT2D eigenvalue weighted by atomic mass is 10.1. The molecule has 0 unspecified atom stereocenters. The van der Waals surface area contributed by atoms with Crippen molar-refractivity contribution < 1.29 is 9.53 Å². The molecule has 0 bridgehead atoms. The number of hydrogen-bond donors (Lipinski definition) is 1. The van der Waals surface area contributed by atoms with Gasteiger partial charge < -0.3 is 19.9 Å². The zero-order valence-corrected chi connectivity index (χ0v) is 14.9. The highest BCUT2D eigenvalue weighted by atomic mass is 16.5. The van der Waals surface area contributed by atoms with Gasteiger partial charge in [-0.05, 0) is 19.1 Å². The average Bonchev–Trinajstić information content (AvgIpc) is 2.60. The maximum absolute atomic E-state index is 11.7. The molecule has 1 N–H and O–H groups in total. The molecule has 6 heteroatoms. The molecule has 2 rings (SSSR count). The summed E-state index contributed by atoms with van der Waals surface area (Å²) in [5.41, 5.74) is 0. The molecule has 6 nitrogen and oxygen atoms in total. The molecule has 0 aliphatic carbocycles. The van der Waals surface area contributed by atoms with Crippen molar-refractivity contribution in [3.8, 4) is 5.75 Å². The van der Waals surface area contributed by atoms with Crippen molar-refractivity contribution in [2.75, 3.05) is 40.3 Å². The third-order valence-electron chi connectivity index (χ3n) is 3.99. The lowest BCUT2D eigenvalue weighted by molar-refractivity contribution is -0.127. The van der Waals surface area contributed by atoms with Gasteiger partial charge in [0.05, 0.1) is 0 Å². The second kappa shape index (κ2) is 9.15. The summed E-state index contributed by atoms with van der Waals surface area (Å²) in [5.74, 6) is 1.74. The Bertz CT molecular complexity index is 537. The van der Waals surface area contributed by atoms with Gasteiger partial charge in [-0.3, -0.25) is 4.79 Å². The largest absolute Gasteiger partial charge is 0.490 e. The third kappa shape index (κ3) is 5.44. The van der Waals surface area contributed by atoms with E-state index in [0.717, 1.165) is 44.2 Å². The number of likely N-dealkylation sites (N-methyl/N-ethyl adjacent to an activating group) is 1. The fourth-order valence-corrected chi connectivity index (χ4v) is 2.59. The smallest absolute Gasteiger partial charge is 0.243 e. The molecule has 0 radical (unpaired) electrons. The summed E-state index contributed by atoms with van der Waals surface area (Å²) in [6.07, 6.45) is 2.12. The first-order valence-corrected chi connectivity index (χ1v) is 8.55. The molecule has 1 aromatic rings. The van der Waals surface area contributed by atoms with Crippen LogP contribution < -0.4 is 10.1 Å². The molecule has 132 valence electrons. The molecular formula is C18H28N4O2. The Labute approximate surface area is 144 Å². The lowest BCUT2D eigenvalue weighted by Gasteiger charge is -2.34. The maximum Gasteiger partial charge on any atom is 0.243 e. The van der Waals surface area contributed by atoms with Crippen molar-refractivity contribution in [3.05, 3.63) is 30.3 Å². The van der Waals surface area contributed by atoms with Crippen molar-refractivity contribution in [1.29, 1.82) is 0 Å². The van der Waals surface area contributed by atoms with E-state index in [9.17, 15) is 4.79 Å². The number of ether oxygens (including phenoxy) is 1. The fourth-order valence-electron chi connectivity index (χ4n) is 2.59. The number of nitrogens with one attached hydrogen (secondary N) is 1. The first kappa shape index (κ1) is 18.1. The van der Waals surface area contributed by atoms with Gasteiger partial charge in [-0.15, -0.1) is 0 Å². The molecule has 0 aromatic heterocycles. The number of hydrogen-bond acceptors (Lipinski definition) is 3. The Kier molecular flexibility index (Phi) is 6.90. The molecule has 24 heavy (non-hydrogen) atoms. The molecule has 1 aliphatic heterocycles. The van der Waals surface area contributed by atoms with E-state index in [-0.39, 0.29) is 18.6 Å². The van der Waals surface area contributed by atoms with Gasteiger partial charge in [0.25, 0.3) is 0 Å². The standard InChI is InChI=1S/C18H28N4O2/c1-4-19-18(20-14-17(23)21(2)3)22-12-10-16(11-13-22)24-15-8-6-5-7-9-15/h5-9,16H,4,10-14H2,1-3H3,(H,19,20). The van der Waals surface area contributed by atoms with Crippen molar-refractivity contribution >= 4 is 11.9 Å². The molecule has 1 aliphatic rings. The maximum atomic E-state index is 11.7. The molecule has 1 amide bonds. The van der Waals surface area contributed by atoms with Crippen molar-refractivity contribution in [2.24, 2.45) is 4.99 Å². The minimum absolute atomic E-state index is 0.00713. The molecule has 1 heterocycles. The van der Waals surface area contributed by atoms with Crippen LogP contribution in [-0.4, -0.2) is 68.0 Å². The van der Waals surface area contributed by atoms with Gasteiger partial charge in [0, 0.05) is 46.6 Å². The number of piperidine rings is 1. The molecule has 1 saturated heterocycles. The fraction of sp³-hybridized carbons (Fsp3) is 0.556. The number of amides is 1. The van der Waals surface area contributed by atoms with Crippen LogP contribution in [0.3, 0.4) is 0 Å². The van der Waals surface area contributed by atoms with Gasteiger partial charge in [0.15, 0.2) is 5.96 Å². The Balaban J connectivity index is 1.87. The number of para-hydroxylation sites is 1. The van der Waals surface area contributed by atoms with Crippen LogP contribution in [0.1, 0.15) is 19.8 Å². The van der Waals surface area contributed by atoms with Crippen LogP contribution >= 0.6 is 0 Å². The van der Waals surface area contributed by atoms with Crippen LogP contribution in [0, 0.1) is 0 Å². The van der Waals surface area contributed by atoms with Gasteiger partial charge in [-0.1, -0.05) is 18.2 Å². The normalized spacial score (nSPS) is 16.0. The van der Waals surface area contributed by atoms with E-state index < -0.39 is 0 Å². The van der Waals surface area contributed by atoms with E-state index in [4.69, 9.17) is 4.74 Å². The zero-order valence-electron chi connectivity index (χ0n) is 14.9. The summed E-state index contributed by atoms with van der Waals surface area (Å²) in [4.78, 5) is 20.0. The average molecular weight is 332 g/mol. The predicted molar refractivity (Wildman–Crippen MR) is 96.3 cm³/mol. The SMILES string of the molecule is CCNC(=NCC(=O)N(C)C)N1CCC(Oc2ccccc2)CC1. The Morgan fingerprint density at radius 3 is 2.54 bits per heavy atom. The van der Waals surface area contributed by atoms with Crippen LogP contribution in [0.15, 0.2) is 35.3 Å². The first-order chi connectivity index (χ1) is 11.6.